The average molecular weight is 473 g/mol. The van der Waals surface area contributed by atoms with E-state index in [2.05, 4.69) is 41.6 Å². The van der Waals surface area contributed by atoms with Crippen LogP contribution in [0.2, 0.25) is 0 Å². The standard InChI is InChI=1S/C13H21BrN4O2.HI/c1-15-13(16-6-5-12(19)20-4)18(3)9-11-7-10(14)8-17(11)2;/h7-8H,5-6,9H2,1-4H3,(H,15,16);1H. The molecule has 0 saturated heterocycles. The van der Waals surface area contributed by atoms with Crippen LogP contribution in [-0.4, -0.2) is 49.1 Å². The van der Waals surface area contributed by atoms with Crippen molar-refractivity contribution in [2.75, 3.05) is 27.7 Å². The van der Waals surface area contributed by atoms with Gasteiger partial charge in [0.1, 0.15) is 0 Å². The van der Waals surface area contributed by atoms with Gasteiger partial charge in [0.25, 0.3) is 0 Å². The molecule has 0 aliphatic carbocycles. The lowest BCUT2D eigenvalue weighted by atomic mass is 10.4. The van der Waals surface area contributed by atoms with Gasteiger partial charge in [0.15, 0.2) is 5.96 Å². The van der Waals surface area contributed by atoms with Gasteiger partial charge in [0, 0.05) is 44.1 Å². The van der Waals surface area contributed by atoms with Crippen LogP contribution in [0.1, 0.15) is 12.1 Å². The summed E-state index contributed by atoms with van der Waals surface area (Å²) in [5, 5.41) is 3.14. The zero-order chi connectivity index (χ0) is 15.1. The van der Waals surface area contributed by atoms with Gasteiger partial charge in [-0.3, -0.25) is 9.79 Å². The van der Waals surface area contributed by atoms with Gasteiger partial charge in [-0.2, -0.15) is 0 Å². The van der Waals surface area contributed by atoms with E-state index in [1.54, 1.807) is 7.05 Å². The molecule has 0 aliphatic rings. The molecule has 0 amide bonds. The first-order chi connectivity index (χ1) is 9.47. The molecule has 0 radical (unpaired) electrons. The number of nitrogens with zero attached hydrogens (tertiary/aromatic N) is 3. The van der Waals surface area contributed by atoms with Crippen molar-refractivity contribution < 1.29 is 9.53 Å². The summed E-state index contributed by atoms with van der Waals surface area (Å²) < 4.78 is 7.71. The summed E-state index contributed by atoms with van der Waals surface area (Å²) >= 11 is 3.46. The van der Waals surface area contributed by atoms with Crippen molar-refractivity contribution in [3.8, 4) is 0 Å². The molecular formula is C13H22BrIN4O2. The monoisotopic (exact) mass is 472 g/mol. The number of guanidine groups is 1. The molecule has 1 N–H and O–H groups in total. The van der Waals surface area contributed by atoms with E-state index in [1.807, 2.05) is 25.2 Å². The summed E-state index contributed by atoms with van der Waals surface area (Å²) in [6.45, 7) is 1.22. The Hall–Kier alpha value is -0.770. The highest BCUT2D eigenvalue weighted by Gasteiger charge is 2.10. The first kappa shape index (κ1) is 20.2. The maximum Gasteiger partial charge on any atom is 0.307 e. The third kappa shape index (κ3) is 6.68. The quantitative estimate of drug-likeness (QED) is 0.308. The number of rotatable bonds is 5. The fourth-order valence-corrected chi connectivity index (χ4v) is 2.38. The molecular weight excluding hydrogens is 451 g/mol. The van der Waals surface area contributed by atoms with Gasteiger partial charge in [0.2, 0.25) is 0 Å². The van der Waals surface area contributed by atoms with Gasteiger partial charge in [-0.15, -0.1) is 24.0 Å². The summed E-state index contributed by atoms with van der Waals surface area (Å²) in [4.78, 5) is 17.3. The lowest BCUT2D eigenvalue weighted by molar-refractivity contribution is -0.140. The Morgan fingerprint density at radius 2 is 2.24 bits per heavy atom. The molecule has 0 aliphatic heterocycles. The molecule has 0 spiro atoms. The fraction of sp³-hybridized carbons (Fsp3) is 0.538. The molecule has 120 valence electrons. The van der Waals surface area contributed by atoms with Crippen molar-refractivity contribution in [2.24, 2.45) is 12.0 Å². The van der Waals surface area contributed by atoms with E-state index in [4.69, 9.17) is 0 Å². The highest BCUT2D eigenvalue weighted by atomic mass is 127. The van der Waals surface area contributed by atoms with Crippen LogP contribution in [0.4, 0.5) is 0 Å². The Morgan fingerprint density at radius 3 is 2.71 bits per heavy atom. The van der Waals surface area contributed by atoms with Crippen molar-refractivity contribution in [2.45, 2.75) is 13.0 Å². The highest BCUT2D eigenvalue weighted by molar-refractivity contribution is 14.0. The van der Waals surface area contributed by atoms with Crippen LogP contribution in [0.15, 0.2) is 21.7 Å². The first-order valence-electron chi connectivity index (χ1n) is 6.27. The number of aromatic nitrogens is 1. The number of methoxy groups -OCH3 is 1. The van der Waals surface area contributed by atoms with Gasteiger partial charge in [-0.1, -0.05) is 0 Å². The third-order valence-corrected chi connectivity index (χ3v) is 3.32. The first-order valence-corrected chi connectivity index (χ1v) is 7.06. The molecule has 1 heterocycles. The van der Waals surface area contributed by atoms with E-state index < -0.39 is 0 Å². The molecule has 0 atom stereocenters. The molecule has 0 bridgehead atoms. The molecule has 21 heavy (non-hydrogen) atoms. The topological polar surface area (TPSA) is 58.9 Å². The second-order valence-corrected chi connectivity index (χ2v) is 5.33. The summed E-state index contributed by atoms with van der Waals surface area (Å²) in [6.07, 6.45) is 2.33. The number of hydrogen-bond donors (Lipinski definition) is 1. The molecule has 0 unspecified atom stereocenters. The van der Waals surface area contributed by atoms with Crippen LogP contribution in [0.25, 0.3) is 0 Å². The summed E-state index contributed by atoms with van der Waals surface area (Å²) in [6, 6.07) is 2.07. The minimum absolute atomic E-state index is 0. The van der Waals surface area contributed by atoms with E-state index in [0.717, 1.165) is 22.7 Å². The van der Waals surface area contributed by atoms with Crippen LogP contribution < -0.4 is 5.32 Å². The molecule has 0 aromatic carbocycles. The van der Waals surface area contributed by atoms with Gasteiger partial charge < -0.3 is 19.5 Å². The van der Waals surface area contributed by atoms with Crippen LogP contribution in [0, 0.1) is 0 Å². The molecule has 6 nitrogen and oxygen atoms in total. The Bertz CT molecular complexity index is 491. The summed E-state index contributed by atoms with van der Waals surface area (Å²) in [7, 11) is 7.06. The Kier molecular flexibility index (Phi) is 9.67. The van der Waals surface area contributed by atoms with Gasteiger partial charge in [0.05, 0.1) is 20.1 Å². The maximum absolute atomic E-state index is 11.1. The largest absolute Gasteiger partial charge is 0.469 e. The SMILES string of the molecule is CN=C(NCCC(=O)OC)N(C)Cc1cc(Br)cn1C.I. The number of aryl methyl sites for hydroxylation is 1. The van der Waals surface area contributed by atoms with Gasteiger partial charge in [-0.25, -0.2) is 0 Å². The Labute approximate surface area is 151 Å². The van der Waals surface area contributed by atoms with E-state index >= 15 is 0 Å². The number of ether oxygens (including phenoxy) is 1. The van der Waals surface area contributed by atoms with Crippen LogP contribution in [-0.2, 0) is 23.1 Å². The number of halogens is 2. The minimum Gasteiger partial charge on any atom is -0.469 e. The number of hydrogen-bond acceptors (Lipinski definition) is 3. The van der Waals surface area contributed by atoms with Crippen LogP contribution >= 0.6 is 39.9 Å². The van der Waals surface area contributed by atoms with Crippen LogP contribution in [0.3, 0.4) is 0 Å². The normalized spacial score (nSPS) is 10.8. The van der Waals surface area contributed by atoms with Gasteiger partial charge in [-0.05, 0) is 22.0 Å². The Morgan fingerprint density at radius 1 is 1.57 bits per heavy atom. The van der Waals surface area contributed by atoms with Gasteiger partial charge >= 0.3 is 5.97 Å². The van der Waals surface area contributed by atoms with Crippen molar-refractivity contribution in [1.82, 2.24) is 14.8 Å². The number of carbonyl (C=O) groups is 1. The number of esters is 1. The predicted molar refractivity (Wildman–Crippen MR) is 98.0 cm³/mol. The summed E-state index contributed by atoms with van der Waals surface area (Å²) in [5.74, 6) is 0.508. The van der Waals surface area contributed by atoms with E-state index in [0.29, 0.717) is 13.0 Å². The Balaban J connectivity index is 0.00000400. The molecule has 1 aromatic heterocycles. The third-order valence-electron chi connectivity index (χ3n) is 2.89. The maximum atomic E-state index is 11.1. The summed E-state index contributed by atoms with van der Waals surface area (Å²) in [5.41, 5.74) is 1.16. The smallest absolute Gasteiger partial charge is 0.307 e. The molecule has 1 rings (SSSR count). The second kappa shape index (κ2) is 10.0. The number of aliphatic imine (C=N–C) groups is 1. The zero-order valence-electron chi connectivity index (χ0n) is 12.7. The predicted octanol–water partition coefficient (Wildman–Crippen LogP) is 1.98. The lowest BCUT2D eigenvalue weighted by Gasteiger charge is -2.22. The number of carbonyl (C=O) groups excluding carboxylic acids is 1. The van der Waals surface area contributed by atoms with Crippen molar-refractivity contribution in [3.63, 3.8) is 0 Å². The fourth-order valence-electron chi connectivity index (χ4n) is 1.80. The minimum atomic E-state index is -0.234. The number of nitrogens with one attached hydrogen (secondary N) is 1. The zero-order valence-corrected chi connectivity index (χ0v) is 16.6. The molecule has 1 aromatic rings. The van der Waals surface area contributed by atoms with Crippen LogP contribution in [0.5, 0.6) is 0 Å². The molecule has 0 fully saturated rings. The van der Waals surface area contributed by atoms with E-state index in [-0.39, 0.29) is 29.9 Å². The molecule has 0 saturated carbocycles. The van der Waals surface area contributed by atoms with E-state index in [1.165, 1.54) is 7.11 Å². The van der Waals surface area contributed by atoms with E-state index in [9.17, 15) is 4.79 Å². The highest BCUT2D eigenvalue weighted by Crippen LogP contribution is 2.14. The van der Waals surface area contributed by atoms with Crippen molar-refractivity contribution >= 4 is 51.8 Å². The lowest BCUT2D eigenvalue weighted by Crippen LogP contribution is -2.39. The van der Waals surface area contributed by atoms with Crippen molar-refractivity contribution in [3.05, 3.63) is 22.4 Å². The molecule has 8 heteroatoms. The van der Waals surface area contributed by atoms with Crippen molar-refractivity contribution in [1.29, 1.82) is 0 Å². The average Bonchev–Trinajstić information content (AvgIpc) is 2.72. The second-order valence-electron chi connectivity index (χ2n) is 4.42.